The van der Waals surface area contributed by atoms with Gasteiger partial charge < -0.3 is 14.6 Å². The molecule has 1 aliphatic carbocycles. The molecule has 0 amide bonds. The van der Waals surface area contributed by atoms with Crippen molar-refractivity contribution in [1.82, 2.24) is 0 Å². The van der Waals surface area contributed by atoms with E-state index in [4.69, 9.17) is 9.47 Å². The predicted octanol–water partition coefficient (Wildman–Crippen LogP) is 3.84. The van der Waals surface area contributed by atoms with Gasteiger partial charge in [-0.3, -0.25) is 0 Å². The third kappa shape index (κ3) is 3.94. The van der Waals surface area contributed by atoms with Crippen molar-refractivity contribution in [2.75, 3.05) is 7.11 Å². The van der Waals surface area contributed by atoms with E-state index >= 15 is 0 Å². The average molecular weight is 329 g/mol. The first-order valence-corrected chi connectivity index (χ1v) is 7.56. The van der Waals surface area contributed by atoms with Gasteiger partial charge in [-0.05, 0) is 38.3 Å². The normalized spacial score (nSPS) is 25.1. The van der Waals surface area contributed by atoms with Gasteiger partial charge in [0.1, 0.15) is 11.9 Å². The zero-order valence-electron chi connectivity index (χ0n) is 11.4. The highest BCUT2D eigenvalue weighted by Crippen LogP contribution is 2.32. The van der Waals surface area contributed by atoms with Gasteiger partial charge in [0.05, 0.1) is 12.2 Å². The number of benzene rings is 1. The second-order valence-electron chi connectivity index (χ2n) is 5.12. The van der Waals surface area contributed by atoms with Crippen LogP contribution in [-0.2, 0) is 4.74 Å². The Morgan fingerprint density at radius 1 is 1.32 bits per heavy atom. The summed E-state index contributed by atoms with van der Waals surface area (Å²) in [7, 11) is 1.76. The fraction of sp³-hybridized carbons (Fsp3) is 0.600. The highest BCUT2D eigenvalue weighted by atomic mass is 79.9. The highest BCUT2D eigenvalue weighted by Gasteiger charge is 2.24. The first-order valence-electron chi connectivity index (χ1n) is 6.77. The van der Waals surface area contributed by atoms with Crippen molar-refractivity contribution in [2.45, 2.75) is 50.9 Å². The molecule has 106 valence electrons. The van der Waals surface area contributed by atoms with Crippen molar-refractivity contribution < 1.29 is 14.6 Å². The summed E-state index contributed by atoms with van der Waals surface area (Å²) in [5.74, 6) is 0.770. The molecule has 2 rings (SSSR count). The van der Waals surface area contributed by atoms with Crippen molar-refractivity contribution in [1.29, 1.82) is 0 Å². The van der Waals surface area contributed by atoms with Crippen LogP contribution in [-0.4, -0.2) is 24.4 Å². The van der Waals surface area contributed by atoms with Crippen LogP contribution in [0.15, 0.2) is 22.7 Å². The topological polar surface area (TPSA) is 38.7 Å². The number of aliphatic hydroxyl groups excluding tert-OH is 1. The number of aliphatic hydroxyl groups is 1. The van der Waals surface area contributed by atoms with Gasteiger partial charge in [-0.2, -0.15) is 0 Å². The third-order valence-electron chi connectivity index (χ3n) is 3.63. The summed E-state index contributed by atoms with van der Waals surface area (Å²) in [6, 6.07) is 5.76. The van der Waals surface area contributed by atoms with Crippen LogP contribution in [0.25, 0.3) is 0 Å². The minimum Gasteiger partial charge on any atom is -0.490 e. The first kappa shape index (κ1) is 14.8. The molecular formula is C15H21BrO3. The molecule has 0 aromatic heterocycles. The molecular weight excluding hydrogens is 308 g/mol. The minimum atomic E-state index is -0.523. The summed E-state index contributed by atoms with van der Waals surface area (Å²) < 4.78 is 12.5. The molecule has 0 spiro atoms. The van der Waals surface area contributed by atoms with Crippen LogP contribution < -0.4 is 4.74 Å². The van der Waals surface area contributed by atoms with Gasteiger partial charge in [0, 0.05) is 23.6 Å². The molecule has 0 saturated heterocycles. The van der Waals surface area contributed by atoms with Crippen LogP contribution in [0.3, 0.4) is 0 Å². The number of halogens is 1. The van der Waals surface area contributed by atoms with Gasteiger partial charge in [0.25, 0.3) is 0 Å². The lowest BCUT2D eigenvalue weighted by molar-refractivity contribution is 0.0199. The Bertz CT molecular complexity index is 420. The molecule has 1 aromatic rings. The molecule has 3 atom stereocenters. The van der Waals surface area contributed by atoms with Crippen LogP contribution in [0, 0.1) is 0 Å². The van der Waals surface area contributed by atoms with Gasteiger partial charge in [0.2, 0.25) is 0 Å². The summed E-state index contributed by atoms with van der Waals surface area (Å²) in [4.78, 5) is 0. The van der Waals surface area contributed by atoms with E-state index < -0.39 is 6.10 Å². The second kappa shape index (κ2) is 6.73. The van der Waals surface area contributed by atoms with Crippen LogP contribution in [0.4, 0.5) is 0 Å². The molecule has 19 heavy (non-hydrogen) atoms. The molecule has 1 aliphatic rings. The lowest BCUT2D eigenvalue weighted by atomic mass is 9.94. The number of ether oxygens (including phenoxy) is 2. The summed E-state index contributed by atoms with van der Waals surface area (Å²) >= 11 is 3.45. The Morgan fingerprint density at radius 2 is 2.05 bits per heavy atom. The lowest BCUT2D eigenvalue weighted by Crippen LogP contribution is -2.29. The number of hydrogen-bond donors (Lipinski definition) is 1. The first-order chi connectivity index (χ1) is 9.10. The zero-order chi connectivity index (χ0) is 13.8. The number of rotatable bonds is 4. The molecule has 0 radical (unpaired) electrons. The maximum Gasteiger partial charge on any atom is 0.126 e. The molecule has 1 aromatic carbocycles. The fourth-order valence-electron chi connectivity index (χ4n) is 2.56. The second-order valence-corrected chi connectivity index (χ2v) is 6.04. The Kier molecular flexibility index (Phi) is 5.25. The standard InChI is InChI=1S/C15H21BrO3/c1-10(17)14-7-6-11(16)8-15(14)19-13-5-3-4-12(9-13)18-2/h6-8,10,12-13,17H,3-5,9H2,1-2H3. The molecule has 1 saturated carbocycles. The molecule has 1 fully saturated rings. The third-order valence-corrected chi connectivity index (χ3v) is 4.12. The number of hydrogen-bond acceptors (Lipinski definition) is 3. The smallest absolute Gasteiger partial charge is 0.126 e. The average Bonchev–Trinajstić information content (AvgIpc) is 2.38. The van der Waals surface area contributed by atoms with Crippen LogP contribution in [0.1, 0.15) is 44.3 Å². The van der Waals surface area contributed by atoms with Crippen LogP contribution in [0.5, 0.6) is 5.75 Å². The minimum absolute atomic E-state index is 0.172. The molecule has 3 unspecified atom stereocenters. The molecule has 0 aliphatic heterocycles. The number of methoxy groups -OCH3 is 1. The van der Waals surface area contributed by atoms with E-state index in [1.165, 1.54) is 0 Å². The fourth-order valence-corrected chi connectivity index (χ4v) is 2.90. The van der Waals surface area contributed by atoms with Crippen molar-refractivity contribution in [2.24, 2.45) is 0 Å². The SMILES string of the molecule is COC1CCCC(Oc2cc(Br)ccc2C(C)O)C1. The van der Waals surface area contributed by atoms with Crippen molar-refractivity contribution in [3.63, 3.8) is 0 Å². The van der Waals surface area contributed by atoms with Gasteiger partial charge in [0.15, 0.2) is 0 Å². The summed E-state index contributed by atoms with van der Waals surface area (Å²) in [5, 5.41) is 9.80. The van der Waals surface area contributed by atoms with E-state index in [-0.39, 0.29) is 6.10 Å². The van der Waals surface area contributed by atoms with Gasteiger partial charge in [-0.1, -0.05) is 22.0 Å². The molecule has 1 N–H and O–H groups in total. The maximum atomic E-state index is 9.80. The van der Waals surface area contributed by atoms with E-state index in [2.05, 4.69) is 15.9 Å². The van der Waals surface area contributed by atoms with Crippen molar-refractivity contribution in [3.05, 3.63) is 28.2 Å². The zero-order valence-corrected chi connectivity index (χ0v) is 13.0. The van der Waals surface area contributed by atoms with E-state index in [0.29, 0.717) is 6.10 Å². The van der Waals surface area contributed by atoms with E-state index in [1.807, 2.05) is 18.2 Å². The van der Waals surface area contributed by atoms with Crippen molar-refractivity contribution >= 4 is 15.9 Å². The lowest BCUT2D eigenvalue weighted by Gasteiger charge is -2.29. The van der Waals surface area contributed by atoms with Crippen LogP contribution in [0.2, 0.25) is 0 Å². The van der Waals surface area contributed by atoms with Gasteiger partial charge in [-0.25, -0.2) is 0 Å². The Morgan fingerprint density at radius 3 is 2.74 bits per heavy atom. The quantitative estimate of drug-likeness (QED) is 0.912. The molecule has 0 bridgehead atoms. The molecule has 3 nitrogen and oxygen atoms in total. The highest BCUT2D eigenvalue weighted by molar-refractivity contribution is 9.10. The monoisotopic (exact) mass is 328 g/mol. The summed E-state index contributed by atoms with van der Waals surface area (Å²) in [6.07, 6.45) is 4.14. The largest absolute Gasteiger partial charge is 0.490 e. The van der Waals surface area contributed by atoms with Gasteiger partial charge >= 0.3 is 0 Å². The Labute approximate surface area is 123 Å². The Hall–Kier alpha value is -0.580. The van der Waals surface area contributed by atoms with E-state index in [9.17, 15) is 5.11 Å². The van der Waals surface area contributed by atoms with Crippen LogP contribution >= 0.6 is 15.9 Å². The molecule has 0 heterocycles. The van der Waals surface area contributed by atoms with Gasteiger partial charge in [-0.15, -0.1) is 0 Å². The molecule has 4 heteroatoms. The van der Waals surface area contributed by atoms with Crippen molar-refractivity contribution in [3.8, 4) is 5.75 Å². The Balaban J connectivity index is 2.11. The maximum absolute atomic E-state index is 9.80. The predicted molar refractivity (Wildman–Crippen MR) is 78.5 cm³/mol. The van der Waals surface area contributed by atoms with E-state index in [1.54, 1.807) is 14.0 Å². The summed E-state index contributed by atoms with van der Waals surface area (Å²) in [5.41, 5.74) is 0.836. The summed E-state index contributed by atoms with van der Waals surface area (Å²) in [6.45, 7) is 1.76. The van der Waals surface area contributed by atoms with E-state index in [0.717, 1.165) is 41.5 Å².